The van der Waals surface area contributed by atoms with Crippen molar-refractivity contribution in [2.24, 2.45) is 5.92 Å². The number of nitrogens with zero attached hydrogens (tertiary/aromatic N) is 1. The Hall–Kier alpha value is -0.420. The summed E-state index contributed by atoms with van der Waals surface area (Å²) in [5.74, 6) is 0.771. The molecule has 1 heterocycles. The molecule has 0 unspecified atom stereocenters. The van der Waals surface area contributed by atoms with Gasteiger partial charge in [0.15, 0.2) is 0 Å². The lowest BCUT2D eigenvalue weighted by Crippen LogP contribution is -2.40. The zero-order valence-corrected chi connectivity index (χ0v) is 13.8. The largest absolute Gasteiger partial charge is 0.392 e. The number of hydrogen-bond acceptors (Lipinski definition) is 3. The smallest absolute Gasteiger partial charge is 0.0639 e. The molecule has 0 amide bonds. The minimum Gasteiger partial charge on any atom is -0.392 e. The second-order valence-corrected chi connectivity index (χ2v) is 6.77. The van der Waals surface area contributed by atoms with Crippen molar-refractivity contribution in [1.29, 1.82) is 0 Å². The third-order valence-corrected chi connectivity index (χ3v) is 4.37. The maximum atomic E-state index is 9.40. The Morgan fingerprint density at radius 3 is 2.80 bits per heavy atom. The zero-order chi connectivity index (χ0) is 14.4. The normalized spacial score (nSPS) is 19.1. The molecular formula is C16H25BrN2O. The van der Waals surface area contributed by atoms with Gasteiger partial charge in [0, 0.05) is 17.6 Å². The van der Waals surface area contributed by atoms with Crippen molar-refractivity contribution in [3.8, 4) is 0 Å². The van der Waals surface area contributed by atoms with Crippen molar-refractivity contribution in [3.63, 3.8) is 0 Å². The molecule has 2 N–H and O–H groups in total. The molecule has 0 aliphatic carbocycles. The van der Waals surface area contributed by atoms with Gasteiger partial charge in [0.2, 0.25) is 0 Å². The van der Waals surface area contributed by atoms with Crippen LogP contribution in [0.15, 0.2) is 28.7 Å². The first-order valence-corrected chi connectivity index (χ1v) is 8.28. The Balaban J connectivity index is 1.64. The van der Waals surface area contributed by atoms with Gasteiger partial charge < -0.3 is 15.3 Å². The molecule has 0 saturated carbocycles. The van der Waals surface area contributed by atoms with E-state index in [1.165, 1.54) is 18.4 Å². The third kappa shape index (κ3) is 5.52. The summed E-state index contributed by atoms with van der Waals surface area (Å²) in [6.07, 6.45) is 2.26. The van der Waals surface area contributed by atoms with E-state index < -0.39 is 0 Å². The summed E-state index contributed by atoms with van der Waals surface area (Å²) in [6, 6.07) is 8.46. The van der Waals surface area contributed by atoms with E-state index in [1.807, 2.05) is 6.92 Å². The number of likely N-dealkylation sites (tertiary alicyclic amines) is 1. The maximum absolute atomic E-state index is 9.40. The predicted octanol–water partition coefficient (Wildman–Crippen LogP) is 2.63. The van der Waals surface area contributed by atoms with E-state index in [0.29, 0.717) is 0 Å². The molecule has 1 saturated heterocycles. The second-order valence-electron chi connectivity index (χ2n) is 5.85. The molecule has 1 fully saturated rings. The van der Waals surface area contributed by atoms with Crippen molar-refractivity contribution in [1.82, 2.24) is 10.2 Å². The van der Waals surface area contributed by atoms with Crippen LogP contribution in [0.3, 0.4) is 0 Å². The highest BCUT2D eigenvalue weighted by atomic mass is 79.9. The molecule has 0 aromatic heterocycles. The van der Waals surface area contributed by atoms with Gasteiger partial charge in [-0.1, -0.05) is 28.1 Å². The fourth-order valence-corrected chi connectivity index (χ4v) is 3.26. The summed E-state index contributed by atoms with van der Waals surface area (Å²) in [7, 11) is 0. The van der Waals surface area contributed by atoms with Gasteiger partial charge in [0.25, 0.3) is 0 Å². The Morgan fingerprint density at radius 1 is 1.40 bits per heavy atom. The van der Waals surface area contributed by atoms with E-state index in [2.05, 4.69) is 50.4 Å². The van der Waals surface area contributed by atoms with Crippen LogP contribution in [0.25, 0.3) is 0 Å². The quantitative estimate of drug-likeness (QED) is 0.835. The molecule has 1 aliphatic rings. The number of hydrogen-bond donors (Lipinski definition) is 2. The number of aliphatic hydroxyl groups excluding tert-OH is 1. The molecule has 1 aliphatic heterocycles. The Kier molecular flexibility index (Phi) is 6.49. The fourth-order valence-electron chi connectivity index (χ4n) is 2.81. The van der Waals surface area contributed by atoms with Crippen LogP contribution in [0.4, 0.5) is 0 Å². The number of nitrogens with one attached hydrogen (secondary N) is 1. The first-order valence-electron chi connectivity index (χ1n) is 7.49. The van der Waals surface area contributed by atoms with E-state index in [1.54, 1.807) is 0 Å². The Morgan fingerprint density at radius 2 is 2.15 bits per heavy atom. The first-order chi connectivity index (χ1) is 9.63. The molecule has 0 bridgehead atoms. The lowest BCUT2D eigenvalue weighted by atomic mass is 9.96. The first kappa shape index (κ1) is 16.0. The minimum absolute atomic E-state index is 0.207. The average molecular weight is 341 g/mol. The molecule has 1 atom stereocenters. The van der Waals surface area contributed by atoms with Crippen LogP contribution in [-0.2, 0) is 6.54 Å². The van der Waals surface area contributed by atoms with Gasteiger partial charge in [-0.05, 0) is 63.0 Å². The van der Waals surface area contributed by atoms with Crippen molar-refractivity contribution in [2.45, 2.75) is 32.4 Å². The monoisotopic (exact) mass is 340 g/mol. The molecule has 112 valence electrons. The summed E-state index contributed by atoms with van der Waals surface area (Å²) in [4.78, 5) is 2.37. The van der Waals surface area contributed by atoms with Gasteiger partial charge in [0.1, 0.15) is 0 Å². The highest BCUT2D eigenvalue weighted by molar-refractivity contribution is 9.10. The zero-order valence-electron chi connectivity index (χ0n) is 12.2. The van der Waals surface area contributed by atoms with Crippen molar-refractivity contribution < 1.29 is 5.11 Å². The fraction of sp³-hybridized carbons (Fsp3) is 0.625. The number of halogens is 1. The van der Waals surface area contributed by atoms with E-state index in [9.17, 15) is 5.11 Å². The van der Waals surface area contributed by atoms with Crippen LogP contribution >= 0.6 is 15.9 Å². The Bertz CT molecular complexity index is 403. The summed E-state index contributed by atoms with van der Waals surface area (Å²) >= 11 is 3.50. The summed E-state index contributed by atoms with van der Waals surface area (Å²) in [5, 5.41) is 13.0. The highest BCUT2D eigenvalue weighted by Crippen LogP contribution is 2.17. The van der Waals surface area contributed by atoms with Gasteiger partial charge in [-0.15, -0.1) is 0 Å². The average Bonchev–Trinajstić information content (AvgIpc) is 2.40. The van der Waals surface area contributed by atoms with Gasteiger partial charge >= 0.3 is 0 Å². The van der Waals surface area contributed by atoms with E-state index in [4.69, 9.17) is 0 Å². The lowest BCUT2D eigenvalue weighted by Gasteiger charge is -2.32. The topological polar surface area (TPSA) is 35.5 Å². The van der Waals surface area contributed by atoms with Crippen molar-refractivity contribution in [2.75, 3.05) is 26.2 Å². The molecule has 1 aromatic carbocycles. The van der Waals surface area contributed by atoms with E-state index in [-0.39, 0.29) is 6.10 Å². The van der Waals surface area contributed by atoms with Crippen LogP contribution in [0.2, 0.25) is 0 Å². The van der Waals surface area contributed by atoms with Gasteiger partial charge in [-0.3, -0.25) is 0 Å². The lowest BCUT2D eigenvalue weighted by molar-refractivity contribution is 0.0998. The number of aliphatic hydroxyl groups is 1. The van der Waals surface area contributed by atoms with E-state index in [0.717, 1.165) is 43.1 Å². The number of β-amino-alcohol motifs (C(OH)–C–C–N with tert-alkyl or cyclic N) is 1. The molecule has 0 radical (unpaired) electrons. The number of rotatable bonds is 6. The van der Waals surface area contributed by atoms with Crippen LogP contribution in [0, 0.1) is 5.92 Å². The molecular weight excluding hydrogens is 316 g/mol. The van der Waals surface area contributed by atoms with Crippen molar-refractivity contribution in [3.05, 3.63) is 34.3 Å². The molecule has 0 spiro atoms. The standard InChI is InChI=1S/C16H25BrN2O/c1-13(20)12-19-7-5-14(6-8-19)10-18-11-15-3-2-4-16(17)9-15/h2-4,9,13-14,18,20H,5-8,10-12H2,1H3/t13-/m1/s1. The van der Waals surface area contributed by atoms with Crippen LogP contribution in [-0.4, -0.2) is 42.3 Å². The molecule has 3 nitrogen and oxygen atoms in total. The molecule has 4 heteroatoms. The molecule has 1 aromatic rings. The number of benzene rings is 1. The number of piperidine rings is 1. The van der Waals surface area contributed by atoms with Gasteiger partial charge in [-0.2, -0.15) is 0 Å². The highest BCUT2D eigenvalue weighted by Gasteiger charge is 2.19. The third-order valence-electron chi connectivity index (χ3n) is 3.88. The summed E-state index contributed by atoms with van der Waals surface area (Å²) < 4.78 is 1.14. The minimum atomic E-state index is -0.207. The van der Waals surface area contributed by atoms with Crippen molar-refractivity contribution >= 4 is 15.9 Å². The second kappa shape index (κ2) is 8.13. The molecule has 2 rings (SSSR count). The molecule has 20 heavy (non-hydrogen) atoms. The maximum Gasteiger partial charge on any atom is 0.0639 e. The van der Waals surface area contributed by atoms with Crippen LogP contribution in [0.5, 0.6) is 0 Å². The summed E-state index contributed by atoms with van der Waals surface area (Å²) in [6.45, 7) is 6.95. The van der Waals surface area contributed by atoms with E-state index >= 15 is 0 Å². The SMILES string of the molecule is C[C@@H](O)CN1CCC(CNCc2cccc(Br)c2)CC1. The van der Waals surface area contributed by atoms with Gasteiger partial charge in [-0.25, -0.2) is 0 Å². The van der Waals surface area contributed by atoms with Crippen LogP contribution < -0.4 is 5.32 Å². The predicted molar refractivity (Wildman–Crippen MR) is 86.7 cm³/mol. The summed E-state index contributed by atoms with van der Waals surface area (Å²) in [5.41, 5.74) is 1.32. The van der Waals surface area contributed by atoms with Gasteiger partial charge in [0.05, 0.1) is 6.10 Å². The van der Waals surface area contributed by atoms with Crippen LogP contribution in [0.1, 0.15) is 25.3 Å². The Labute approximate surface area is 130 Å².